The van der Waals surface area contributed by atoms with Crippen LogP contribution in [-0.4, -0.2) is 104 Å². The molecule has 4 aliphatic rings. The molecule has 2 atom stereocenters. The molecule has 2 aromatic carbocycles. The summed E-state index contributed by atoms with van der Waals surface area (Å²) in [7, 11) is 0. The number of hydrogen-bond acceptors (Lipinski definition) is 11. The standard InChI is InChI=1S/C42H46Cl2FN9O5/c1-24(36-30(43)8-9-31(45)38(36)44)59-34-18-25(19-47-39(34)46)26-20-48-53(21-26)28-12-16-51(17-13-28)14-3-2-4-15-52-22-27(23-52)49-32-7-5-6-29-37(32)42(58)54(41(29)57)33-10-11-35(55)50-40(33)56/h5-9,18-21,24,27-28,33,49H,2-4,10-17,22-23H2,1H3,(H2,46,47)(H,50,55,56)/t24-,33?/m1/s1. The van der Waals surface area contributed by atoms with Crippen molar-refractivity contribution >= 4 is 58.3 Å². The molecule has 8 rings (SSSR count). The van der Waals surface area contributed by atoms with Gasteiger partial charge in [-0.1, -0.05) is 35.7 Å². The molecule has 1 unspecified atom stereocenters. The predicted octanol–water partition coefficient (Wildman–Crippen LogP) is 6.12. The number of amides is 4. The van der Waals surface area contributed by atoms with Crippen LogP contribution in [0, 0.1) is 5.82 Å². The zero-order chi connectivity index (χ0) is 41.4. The largest absolute Gasteiger partial charge is 0.482 e. The molecule has 0 aliphatic carbocycles. The minimum absolute atomic E-state index is 0.0856. The van der Waals surface area contributed by atoms with Gasteiger partial charge in [0.1, 0.15) is 18.0 Å². The molecule has 14 nitrogen and oxygen atoms in total. The van der Waals surface area contributed by atoms with Crippen molar-refractivity contribution in [3.05, 3.63) is 87.5 Å². The summed E-state index contributed by atoms with van der Waals surface area (Å²) < 4.78 is 22.3. The second-order valence-corrected chi connectivity index (χ2v) is 16.5. The Bertz CT molecular complexity index is 2280. The molecule has 59 heavy (non-hydrogen) atoms. The van der Waals surface area contributed by atoms with E-state index in [1.165, 1.54) is 12.1 Å². The van der Waals surface area contributed by atoms with Crippen LogP contribution in [0.3, 0.4) is 0 Å². The predicted molar refractivity (Wildman–Crippen MR) is 221 cm³/mol. The number of piperidine rings is 2. The van der Waals surface area contributed by atoms with E-state index in [2.05, 4.69) is 30.5 Å². The molecular weight excluding hydrogens is 800 g/mol. The Morgan fingerprint density at radius 3 is 2.49 bits per heavy atom. The van der Waals surface area contributed by atoms with E-state index >= 15 is 0 Å². The molecule has 4 amide bonds. The summed E-state index contributed by atoms with van der Waals surface area (Å²) in [4.78, 5) is 60.9. The number of anilines is 2. The van der Waals surface area contributed by atoms with Crippen LogP contribution in [0.4, 0.5) is 15.9 Å². The fourth-order valence-corrected chi connectivity index (χ4v) is 9.19. The van der Waals surface area contributed by atoms with E-state index in [-0.39, 0.29) is 35.3 Å². The maximum atomic E-state index is 14.1. The summed E-state index contributed by atoms with van der Waals surface area (Å²) in [5.74, 6) is -2.06. The number of unbranched alkanes of at least 4 members (excludes halogenated alkanes) is 2. The van der Waals surface area contributed by atoms with Gasteiger partial charge in [0.15, 0.2) is 11.6 Å². The lowest BCUT2D eigenvalue weighted by Gasteiger charge is -2.40. The van der Waals surface area contributed by atoms with Crippen LogP contribution < -0.4 is 21.1 Å². The van der Waals surface area contributed by atoms with E-state index < -0.39 is 41.6 Å². The third-order valence-electron chi connectivity index (χ3n) is 11.8. The van der Waals surface area contributed by atoms with Crippen molar-refractivity contribution in [3.63, 3.8) is 0 Å². The van der Waals surface area contributed by atoms with Crippen LogP contribution in [0.1, 0.15) is 90.3 Å². The quantitative estimate of drug-likeness (QED) is 0.0761. The number of nitrogens with two attached hydrogens (primary N) is 1. The number of nitrogen functional groups attached to an aromatic ring is 1. The lowest BCUT2D eigenvalue weighted by Crippen LogP contribution is -2.55. The minimum Gasteiger partial charge on any atom is -0.482 e. The number of halogens is 3. The number of carbonyl (C=O) groups excluding carboxylic acids is 4. The van der Waals surface area contributed by atoms with Crippen LogP contribution in [0.15, 0.2) is 55.0 Å². The molecule has 0 radical (unpaired) electrons. The maximum Gasteiger partial charge on any atom is 0.264 e. The lowest BCUT2D eigenvalue weighted by atomic mass is 10.0. The van der Waals surface area contributed by atoms with Gasteiger partial charge < -0.3 is 20.7 Å². The van der Waals surface area contributed by atoms with Gasteiger partial charge in [-0.2, -0.15) is 5.10 Å². The van der Waals surface area contributed by atoms with Gasteiger partial charge in [0.05, 0.1) is 34.4 Å². The SMILES string of the molecule is C[C@@H](Oc1cc(-c2cnn(C3CCN(CCCCCN4CC(Nc5cccc6c5C(=O)N(C5CCC(=O)NC5=O)C6=O)C4)CC3)c2)cnc1N)c1c(Cl)ccc(F)c1Cl. The van der Waals surface area contributed by atoms with E-state index in [9.17, 15) is 23.6 Å². The van der Waals surface area contributed by atoms with E-state index in [4.69, 9.17) is 33.7 Å². The Kier molecular flexibility index (Phi) is 11.9. The first-order valence-corrected chi connectivity index (χ1v) is 20.9. The molecule has 2 aromatic heterocycles. The third-order valence-corrected chi connectivity index (χ3v) is 12.5. The average Bonchev–Trinajstić information content (AvgIpc) is 3.79. The van der Waals surface area contributed by atoms with Crippen LogP contribution in [0.2, 0.25) is 10.0 Å². The number of aromatic nitrogens is 3. The number of likely N-dealkylation sites (tertiary alicyclic amines) is 2. The molecule has 6 heterocycles. The van der Waals surface area contributed by atoms with Crippen LogP contribution in [-0.2, 0) is 9.59 Å². The van der Waals surface area contributed by atoms with Gasteiger partial charge in [0.2, 0.25) is 11.8 Å². The number of pyridine rings is 1. The number of ether oxygens (including phenoxy) is 1. The number of nitrogens with one attached hydrogen (secondary N) is 2. The first kappa shape index (κ1) is 40.7. The van der Waals surface area contributed by atoms with Crippen molar-refractivity contribution in [1.29, 1.82) is 0 Å². The number of carbonyl (C=O) groups is 4. The molecule has 17 heteroatoms. The number of rotatable bonds is 14. The summed E-state index contributed by atoms with van der Waals surface area (Å²) in [5, 5.41) is 10.6. The Hall–Kier alpha value is -5.09. The van der Waals surface area contributed by atoms with Crippen LogP contribution >= 0.6 is 23.2 Å². The van der Waals surface area contributed by atoms with Crippen molar-refractivity contribution < 1.29 is 28.3 Å². The van der Waals surface area contributed by atoms with Crippen molar-refractivity contribution in [3.8, 4) is 16.9 Å². The fourth-order valence-electron chi connectivity index (χ4n) is 8.51. The summed E-state index contributed by atoms with van der Waals surface area (Å²) in [6, 6.07) is 9.07. The number of imide groups is 2. The average molecular weight is 847 g/mol. The lowest BCUT2D eigenvalue weighted by molar-refractivity contribution is -0.136. The summed E-state index contributed by atoms with van der Waals surface area (Å²) >= 11 is 12.5. The van der Waals surface area contributed by atoms with Crippen molar-refractivity contribution in [2.75, 3.05) is 50.3 Å². The Balaban J connectivity index is 0.742. The topological polar surface area (TPSA) is 168 Å². The molecule has 0 spiro atoms. The van der Waals surface area contributed by atoms with Crippen molar-refractivity contribution in [2.45, 2.75) is 76.1 Å². The van der Waals surface area contributed by atoms with Crippen molar-refractivity contribution in [2.24, 2.45) is 0 Å². The fraction of sp³-hybridized carbons (Fsp3) is 0.429. The van der Waals surface area contributed by atoms with Gasteiger partial charge >= 0.3 is 0 Å². The van der Waals surface area contributed by atoms with Gasteiger partial charge in [-0.3, -0.25) is 39.0 Å². The Morgan fingerprint density at radius 2 is 1.73 bits per heavy atom. The Morgan fingerprint density at radius 1 is 0.966 bits per heavy atom. The van der Waals surface area contributed by atoms with Gasteiger partial charge in [-0.15, -0.1) is 0 Å². The molecule has 0 bridgehead atoms. The first-order valence-electron chi connectivity index (χ1n) is 20.1. The molecule has 3 fully saturated rings. The second-order valence-electron chi connectivity index (χ2n) is 15.7. The van der Waals surface area contributed by atoms with Crippen LogP contribution in [0.5, 0.6) is 5.75 Å². The normalized spacial score (nSPS) is 19.8. The second kappa shape index (κ2) is 17.3. The number of nitrogens with zero attached hydrogens (tertiary/aromatic N) is 6. The van der Waals surface area contributed by atoms with E-state index in [1.54, 1.807) is 37.4 Å². The van der Waals surface area contributed by atoms with E-state index in [0.717, 1.165) is 87.4 Å². The number of fused-ring (bicyclic) bond motifs is 1. The summed E-state index contributed by atoms with van der Waals surface area (Å²) in [6.07, 6.45) is 10.4. The highest BCUT2D eigenvalue weighted by Gasteiger charge is 2.46. The zero-order valence-corrected chi connectivity index (χ0v) is 34.1. The molecule has 310 valence electrons. The molecule has 0 saturated carbocycles. The highest BCUT2D eigenvalue weighted by Crippen LogP contribution is 2.38. The monoisotopic (exact) mass is 845 g/mol. The van der Waals surface area contributed by atoms with Gasteiger partial charge in [0, 0.05) is 72.4 Å². The zero-order valence-electron chi connectivity index (χ0n) is 32.6. The highest BCUT2D eigenvalue weighted by atomic mass is 35.5. The summed E-state index contributed by atoms with van der Waals surface area (Å²) in [5.41, 5.74) is 9.34. The first-order chi connectivity index (χ1) is 28.4. The number of benzene rings is 2. The molecule has 4 N–H and O–H groups in total. The maximum absolute atomic E-state index is 14.1. The van der Waals surface area contributed by atoms with E-state index in [0.29, 0.717) is 33.6 Å². The third kappa shape index (κ3) is 8.51. The smallest absolute Gasteiger partial charge is 0.264 e. The Labute approximate surface area is 351 Å². The molecule has 3 saturated heterocycles. The molecule has 4 aromatic rings. The molecular formula is C42H46Cl2FN9O5. The van der Waals surface area contributed by atoms with Gasteiger partial charge in [0.25, 0.3) is 11.8 Å². The van der Waals surface area contributed by atoms with Crippen LogP contribution in [0.25, 0.3) is 11.1 Å². The van der Waals surface area contributed by atoms with E-state index in [1.807, 2.05) is 17.1 Å². The highest BCUT2D eigenvalue weighted by molar-refractivity contribution is 6.36. The van der Waals surface area contributed by atoms with Gasteiger partial charge in [-0.25, -0.2) is 9.37 Å². The summed E-state index contributed by atoms with van der Waals surface area (Å²) in [6.45, 7) is 7.49. The van der Waals surface area contributed by atoms with Crippen molar-refractivity contribution in [1.82, 2.24) is 34.8 Å². The number of hydrogen-bond donors (Lipinski definition) is 3. The molecule has 4 aliphatic heterocycles. The minimum atomic E-state index is -0.985. The van der Waals surface area contributed by atoms with Gasteiger partial charge in [-0.05, 0) is 82.4 Å².